The lowest BCUT2D eigenvalue weighted by molar-refractivity contribution is 0.692. The van der Waals surface area contributed by atoms with Gasteiger partial charge in [0.15, 0.2) is 0 Å². The first-order chi connectivity index (χ1) is 8.60. The second kappa shape index (κ2) is 5.00. The average molecular weight is 244 g/mol. The molecule has 0 amide bonds. The SMILES string of the molecule is CNc1ccc(Cn2c(C)nc(C)cc2=O)cn1. The molecule has 2 aromatic rings. The van der Waals surface area contributed by atoms with Crippen LogP contribution in [0.15, 0.2) is 29.2 Å². The van der Waals surface area contributed by atoms with Gasteiger partial charge in [-0.25, -0.2) is 9.97 Å². The predicted molar refractivity (Wildman–Crippen MR) is 70.9 cm³/mol. The predicted octanol–water partition coefficient (Wildman–Crippen LogP) is 1.35. The zero-order valence-corrected chi connectivity index (χ0v) is 10.8. The van der Waals surface area contributed by atoms with Crippen LogP contribution >= 0.6 is 0 Å². The van der Waals surface area contributed by atoms with Crippen molar-refractivity contribution in [3.05, 3.63) is 51.8 Å². The van der Waals surface area contributed by atoms with Crippen LogP contribution in [0.25, 0.3) is 0 Å². The minimum absolute atomic E-state index is 0.0299. The fourth-order valence-electron chi connectivity index (χ4n) is 1.80. The Hall–Kier alpha value is -2.17. The maximum absolute atomic E-state index is 11.9. The molecule has 0 aromatic carbocycles. The topological polar surface area (TPSA) is 59.8 Å². The molecule has 0 saturated carbocycles. The zero-order valence-electron chi connectivity index (χ0n) is 10.8. The van der Waals surface area contributed by atoms with Gasteiger partial charge >= 0.3 is 0 Å². The standard InChI is InChI=1S/C13H16N4O/c1-9-6-13(18)17(10(2)16-9)8-11-4-5-12(14-3)15-7-11/h4-7H,8H2,1-3H3,(H,14,15). The number of hydrogen-bond donors (Lipinski definition) is 1. The number of hydrogen-bond acceptors (Lipinski definition) is 4. The Kier molecular flexibility index (Phi) is 3.41. The fourth-order valence-corrected chi connectivity index (χ4v) is 1.80. The fraction of sp³-hybridized carbons (Fsp3) is 0.308. The van der Waals surface area contributed by atoms with E-state index in [0.717, 1.165) is 22.9 Å². The van der Waals surface area contributed by atoms with Gasteiger partial charge in [0, 0.05) is 25.0 Å². The van der Waals surface area contributed by atoms with Gasteiger partial charge in [-0.3, -0.25) is 9.36 Å². The second-order valence-electron chi connectivity index (χ2n) is 4.17. The van der Waals surface area contributed by atoms with E-state index in [4.69, 9.17) is 0 Å². The van der Waals surface area contributed by atoms with Crippen LogP contribution in [0, 0.1) is 13.8 Å². The third-order valence-electron chi connectivity index (χ3n) is 2.75. The van der Waals surface area contributed by atoms with E-state index < -0.39 is 0 Å². The van der Waals surface area contributed by atoms with E-state index >= 15 is 0 Å². The molecule has 1 N–H and O–H groups in total. The van der Waals surface area contributed by atoms with Gasteiger partial charge in [-0.15, -0.1) is 0 Å². The van der Waals surface area contributed by atoms with Crippen molar-refractivity contribution in [1.82, 2.24) is 14.5 Å². The molecule has 2 rings (SSSR count). The van der Waals surface area contributed by atoms with E-state index in [-0.39, 0.29) is 5.56 Å². The summed E-state index contributed by atoms with van der Waals surface area (Å²) >= 11 is 0. The van der Waals surface area contributed by atoms with Crippen molar-refractivity contribution in [2.45, 2.75) is 20.4 Å². The van der Waals surface area contributed by atoms with Gasteiger partial charge in [0.2, 0.25) is 0 Å². The first-order valence-corrected chi connectivity index (χ1v) is 5.78. The van der Waals surface area contributed by atoms with Crippen molar-refractivity contribution in [2.75, 3.05) is 12.4 Å². The molecule has 0 aliphatic carbocycles. The molecule has 18 heavy (non-hydrogen) atoms. The molecule has 0 saturated heterocycles. The summed E-state index contributed by atoms with van der Waals surface area (Å²) in [4.78, 5) is 20.4. The summed E-state index contributed by atoms with van der Waals surface area (Å²) in [6.45, 7) is 4.15. The molecule has 5 heteroatoms. The van der Waals surface area contributed by atoms with Crippen LogP contribution in [-0.2, 0) is 6.54 Å². The zero-order chi connectivity index (χ0) is 13.1. The summed E-state index contributed by atoms with van der Waals surface area (Å²) in [5.41, 5.74) is 1.69. The minimum Gasteiger partial charge on any atom is -0.373 e. The van der Waals surface area contributed by atoms with Gasteiger partial charge in [-0.05, 0) is 25.5 Å². The number of nitrogens with zero attached hydrogens (tertiary/aromatic N) is 3. The molecular formula is C13H16N4O. The van der Waals surface area contributed by atoms with Crippen LogP contribution in [0.2, 0.25) is 0 Å². The molecule has 94 valence electrons. The monoisotopic (exact) mass is 244 g/mol. The summed E-state index contributed by atoms with van der Waals surface area (Å²) in [6.07, 6.45) is 1.76. The largest absolute Gasteiger partial charge is 0.373 e. The Morgan fingerprint density at radius 1 is 1.33 bits per heavy atom. The van der Waals surface area contributed by atoms with Crippen LogP contribution < -0.4 is 10.9 Å². The van der Waals surface area contributed by atoms with Gasteiger partial charge in [-0.1, -0.05) is 6.07 Å². The van der Waals surface area contributed by atoms with Gasteiger partial charge < -0.3 is 5.32 Å². The van der Waals surface area contributed by atoms with Crippen LogP contribution in [-0.4, -0.2) is 21.6 Å². The van der Waals surface area contributed by atoms with Crippen LogP contribution in [0.1, 0.15) is 17.1 Å². The Balaban J connectivity index is 2.31. The Labute approximate surface area is 106 Å². The first-order valence-electron chi connectivity index (χ1n) is 5.78. The van der Waals surface area contributed by atoms with Gasteiger partial charge in [0.1, 0.15) is 11.6 Å². The number of anilines is 1. The van der Waals surface area contributed by atoms with Crippen molar-refractivity contribution in [3.8, 4) is 0 Å². The molecule has 2 heterocycles. The van der Waals surface area contributed by atoms with E-state index in [2.05, 4.69) is 15.3 Å². The minimum atomic E-state index is -0.0299. The molecular weight excluding hydrogens is 228 g/mol. The lowest BCUT2D eigenvalue weighted by Gasteiger charge is -2.09. The van der Waals surface area contributed by atoms with E-state index in [1.54, 1.807) is 16.8 Å². The highest BCUT2D eigenvalue weighted by molar-refractivity contribution is 5.34. The van der Waals surface area contributed by atoms with Crippen LogP contribution in [0.5, 0.6) is 0 Å². The van der Waals surface area contributed by atoms with Crippen molar-refractivity contribution in [1.29, 1.82) is 0 Å². The summed E-state index contributed by atoms with van der Waals surface area (Å²) in [6, 6.07) is 5.38. The summed E-state index contributed by atoms with van der Waals surface area (Å²) in [5.74, 6) is 1.53. The molecule has 5 nitrogen and oxygen atoms in total. The Morgan fingerprint density at radius 3 is 2.67 bits per heavy atom. The maximum atomic E-state index is 11.9. The molecule has 0 radical (unpaired) electrons. The quantitative estimate of drug-likeness (QED) is 0.885. The van der Waals surface area contributed by atoms with Crippen molar-refractivity contribution >= 4 is 5.82 Å². The number of pyridine rings is 1. The molecule has 0 spiro atoms. The second-order valence-corrected chi connectivity index (χ2v) is 4.17. The number of nitrogens with one attached hydrogen (secondary N) is 1. The van der Waals surface area contributed by atoms with Crippen LogP contribution in [0.3, 0.4) is 0 Å². The molecule has 0 unspecified atom stereocenters. The average Bonchev–Trinajstić information content (AvgIpc) is 2.34. The lowest BCUT2D eigenvalue weighted by Crippen LogP contribution is -2.24. The number of aryl methyl sites for hydroxylation is 2. The van der Waals surface area contributed by atoms with Crippen LogP contribution in [0.4, 0.5) is 5.82 Å². The summed E-state index contributed by atoms with van der Waals surface area (Å²) < 4.78 is 1.64. The molecule has 2 aromatic heterocycles. The lowest BCUT2D eigenvalue weighted by atomic mass is 10.2. The number of aromatic nitrogens is 3. The van der Waals surface area contributed by atoms with Crippen molar-refractivity contribution in [3.63, 3.8) is 0 Å². The highest BCUT2D eigenvalue weighted by Gasteiger charge is 2.04. The third-order valence-corrected chi connectivity index (χ3v) is 2.75. The van der Waals surface area contributed by atoms with Crippen molar-refractivity contribution in [2.24, 2.45) is 0 Å². The molecule has 0 bridgehead atoms. The maximum Gasteiger partial charge on any atom is 0.254 e. The van der Waals surface area contributed by atoms with Gasteiger partial charge in [-0.2, -0.15) is 0 Å². The van der Waals surface area contributed by atoms with E-state index in [1.807, 2.05) is 33.0 Å². The summed E-state index contributed by atoms with van der Waals surface area (Å²) in [7, 11) is 1.82. The third kappa shape index (κ3) is 2.56. The normalized spacial score (nSPS) is 10.4. The van der Waals surface area contributed by atoms with Gasteiger partial charge in [0.25, 0.3) is 5.56 Å². The number of rotatable bonds is 3. The Morgan fingerprint density at radius 2 is 2.11 bits per heavy atom. The molecule has 0 atom stereocenters. The van der Waals surface area contributed by atoms with E-state index in [1.165, 1.54) is 0 Å². The summed E-state index contributed by atoms with van der Waals surface area (Å²) in [5, 5.41) is 2.96. The van der Waals surface area contributed by atoms with Gasteiger partial charge in [0.05, 0.1) is 6.54 Å². The van der Waals surface area contributed by atoms with E-state index in [0.29, 0.717) is 6.54 Å². The highest BCUT2D eigenvalue weighted by Crippen LogP contribution is 2.06. The smallest absolute Gasteiger partial charge is 0.254 e. The van der Waals surface area contributed by atoms with Crippen molar-refractivity contribution < 1.29 is 0 Å². The first kappa shape index (κ1) is 12.3. The van der Waals surface area contributed by atoms with E-state index in [9.17, 15) is 4.79 Å². The molecule has 0 aliphatic rings. The molecule has 0 fully saturated rings. The Bertz CT molecular complexity index is 601. The molecule has 0 aliphatic heterocycles. The highest BCUT2D eigenvalue weighted by atomic mass is 16.1.